The second-order valence-corrected chi connectivity index (χ2v) is 6.17. The molecule has 4 atom stereocenters. The molecule has 3 heteroatoms. The van der Waals surface area contributed by atoms with Crippen molar-refractivity contribution >= 4 is 34.2 Å². The van der Waals surface area contributed by atoms with E-state index in [0.717, 1.165) is 12.0 Å². The van der Waals surface area contributed by atoms with Crippen LogP contribution in [0.15, 0.2) is 0 Å². The largest absolute Gasteiger partial charge is 0.302 e. The van der Waals surface area contributed by atoms with Crippen LogP contribution in [0.3, 0.4) is 0 Å². The minimum Gasteiger partial charge on any atom is -0.302 e. The molecule has 2 aliphatic rings. The highest BCUT2D eigenvalue weighted by Crippen LogP contribution is 2.40. The van der Waals surface area contributed by atoms with Crippen LogP contribution in [0.25, 0.3) is 0 Å². The van der Waals surface area contributed by atoms with Gasteiger partial charge in [-0.05, 0) is 25.8 Å². The second-order valence-electron chi connectivity index (χ2n) is 4.06. The van der Waals surface area contributed by atoms with E-state index in [9.17, 15) is 0 Å². The van der Waals surface area contributed by atoms with E-state index < -0.39 is 0 Å². The lowest BCUT2D eigenvalue weighted by Crippen LogP contribution is -2.50. The van der Waals surface area contributed by atoms with Crippen LogP contribution in [0.1, 0.15) is 19.3 Å². The molecule has 1 nitrogen and oxygen atoms in total. The molecule has 1 heterocycles. The normalized spacial score (nSPS) is 49.2. The first-order valence-electron chi connectivity index (χ1n) is 4.68. The summed E-state index contributed by atoms with van der Waals surface area (Å²) in [6, 6.07) is 0.790. The van der Waals surface area contributed by atoms with Crippen LogP contribution in [0.5, 0.6) is 0 Å². The molecule has 0 amide bonds. The monoisotopic (exact) mass is 299 g/mol. The summed E-state index contributed by atoms with van der Waals surface area (Å²) in [7, 11) is 2.25. The molecule has 1 aliphatic heterocycles. The quantitative estimate of drug-likeness (QED) is 0.491. The van der Waals surface area contributed by atoms with E-state index in [4.69, 9.17) is 11.6 Å². The fourth-order valence-electron chi connectivity index (χ4n) is 2.67. The maximum atomic E-state index is 6.40. The molecule has 0 aromatic carbocycles. The number of piperidine rings is 1. The molecule has 1 saturated heterocycles. The summed E-state index contributed by atoms with van der Waals surface area (Å²) >= 11 is 8.90. The zero-order valence-corrected chi connectivity index (χ0v) is 10.3. The molecule has 2 rings (SSSR count). The summed E-state index contributed by atoms with van der Waals surface area (Å²) < 4.78 is 0.647. The fourth-order valence-corrected chi connectivity index (χ4v) is 4.20. The Morgan fingerprint density at radius 1 is 1.42 bits per heavy atom. The Morgan fingerprint density at radius 3 is 2.92 bits per heavy atom. The zero-order valence-electron chi connectivity index (χ0n) is 7.34. The summed E-state index contributed by atoms with van der Waals surface area (Å²) in [5, 5.41) is 0.425. The number of nitrogens with zero attached hydrogens (tertiary/aromatic N) is 1. The van der Waals surface area contributed by atoms with Crippen molar-refractivity contribution in [2.45, 2.75) is 34.6 Å². The van der Waals surface area contributed by atoms with Crippen LogP contribution in [-0.4, -0.2) is 33.8 Å². The van der Waals surface area contributed by atoms with Crippen LogP contribution in [0, 0.1) is 5.92 Å². The van der Waals surface area contributed by atoms with Crippen molar-refractivity contribution in [3.8, 4) is 0 Å². The van der Waals surface area contributed by atoms with Gasteiger partial charge in [0.15, 0.2) is 0 Å². The van der Waals surface area contributed by atoms with Gasteiger partial charge in [-0.3, -0.25) is 0 Å². The van der Waals surface area contributed by atoms with E-state index in [-0.39, 0.29) is 0 Å². The Balaban J connectivity index is 2.12. The number of likely N-dealkylation sites (tertiary alicyclic amines) is 1. The van der Waals surface area contributed by atoms with Gasteiger partial charge in [0.2, 0.25) is 0 Å². The SMILES string of the molecule is CN1CC(I)C(Cl)C2CCCC21. The molecule has 70 valence electrons. The lowest BCUT2D eigenvalue weighted by atomic mass is 9.92. The van der Waals surface area contributed by atoms with Crippen LogP contribution in [-0.2, 0) is 0 Å². The first kappa shape index (κ1) is 9.53. The van der Waals surface area contributed by atoms with Crippen molar-refractivity contribution in [2.24, 2.45) is 5.92 Å². The zero-order chi connectivity index (χ0) is 8.72. The van der Waals surface area contributed by atoms with Crippen molar-refractivity contribution < 1.29 is 0 Å². The molecule has 2 fully saturated rings. The number of hydrogen-bond acceptors (Lipinski definition) is 1. The topological polar surface area (TPSA) is 3.24 Å². The molecule has 0 aromatic rings. The number of hydrogen-bond donors (Lipinski definition) is 0. The standard InChI is InChI=1S/C9H15ClIN/c1-12-5-7(11)9(10)6-3-2-4-8(6)12/h6-9H,2-5H2,1H3. The third kappa shape index (κ3) is 1.50. The molecular formula is C9H15ClIN. The van der Waals surface area contributed by atoms with Gasteiger partial charge in [-0.15, -0.1) is 11.6 Å². The highest BCUT2D eigenvalue weighted by molar-refractivity contribution is 14.1. The van der Waals surface area contributed by atoms with Gasteiger partial charge in [0.1, 0.15) is 0 Å². The smallest absolute Gasteiger partial charge is 0.0509 e. The number of fused-ring (bicyclic) bond motifs is 1. The number of rotatable bonds is 0. The third-order valence-electron chi connectivity index (χ3n) is 3.31. The van der Waals surface area contributed by atoms with Crippen molar-refractivity contribution in [2.75, 3.05) is 13.6 Å². The van der Waals surface area contributed by atoms with E-state index in [0.29, 0.717) is 9.30 Å². The lowest BCUT2D eigenvalue weighted by Gasteiger charge is -2.41. The van der Waals surface area contributed by atoms with Gasteiger partial charge < -0.3 is 4.90 Å². The molecule has 0 spiro atoms. The summed E-state index contributed by atoms with van der Waals surface area (Å²) in [6.45, 7) is 1.18. The van der Waals surface area contributed by atoms with Crippen molar-refractivity contribution in [3.05, 3.63) is 0 Å². The maximum Gasteiger partial charge on any atom is 0.0509 e. The Kier molecular flexibility index (Phi) is 2.87. The molecule has 0 N–H and O–H groups in total. The van der Waals surface area contributed by atoms with Gasteiger partial charge in [-0.25, -0.2) is 0 Å². The summed E-state index contributed by atoms with van der Waals surface area (Å²) in [4.78, 5) is 2.51. The molecule has 12 heavy (non-hydrogen) atoms. The summed E-state index contributed by atoms with van der Waals surface area (Å²) in [6.07, 6.45) is 4.10. The Hall–Kier alpha value is 0.980. The van der Waals surface area contributed by atoms with Gasteiger partial charge in [-0.2, -0.15) is 0 Å². The maximum absolute atomic E-state index is 6.40. The molecule has 0 radical (unpaired) electrons. The Labute approximate surface area is 93.0 Å². The van der Waals surface area contributed by atoms with Crippen molar-refractivity contribution in [1.29, 1.82) is 0 Å². The minimum atomic E-state index is 0.425. The Morgan fingerprint density at radius 2 is 2.17 bits per heavy atom. The van der Waals surface area contributed by atoms with E-state index in [1.54, 1.807) is 0 Å². The van der Waals surface area contributed by atoms with E-state index in [2.05, 4.69) is 34.5 Å². The molecule has 1 aliphatic carbocycles. The molecule has 4 unspecified atom stereocenters. The van der Waals surface area contributed by atoms with Crippen LogP contribution in [0.2, 0.25) is 0 Å². The van der Waals surface area contributed by atoms with E-state index >= 15 is 0 Å². The van der Waals surface area contributed by atoms with Crippen LogP contribution >= 0.6 is 34.2 Å². The average Bonchev–Trinajstić information content (AvgIpc) is 2.48. The van der Waals surface area contributed by atoms with E-state index in [1.807, 2.05) is 0 Å². The predicted molar refractivity (Wildman–Crippen MR) is 61.2 cm³/mol. The van der Waals surface area contributed by atoms with Gasteiger partial charge in [0.05, 0.1) is 5.38 Å². The average molecular weight is 300 g/mol. The molecule has 0 aromatic heterocycles. The Bertz CT molecular complexity index is 176. The van der Waals surface area contributed by atoms with Crippen LogP contribution < -0.4 is 0 Å². The van der Waals surface area contributed by atoms with Gasteiger partial charge in [0.25, 0.3) is 0 Å². The minimum absolute atomic E-state index is 0.425. The molecular weight excluding hydrogens is 284 g/mol. The van der Waals surface area contributed by atoms with Crippen LogP contribution in [0.4, 0.5) is 0 Å². The first-order chi connectivity index (χ1) is 5.70. The van der Waals surface area contributed by atoms with Crippen molar-refractivity contribution in [1.82, 2.24) is 4.90 Å². The van der Waals surface area contributed by atoms with E-state index in [1.165, 1.54) is 25.8 Å². The molecule has 1 saturated carbocycles. The van der Waals surface area contributed by atoms with Gasteiger partial charge in [0, 0.05) is 16.5 Å². The second kappa shape index (κ2) is 3.62. The lowest BCUT2D eigenvalue weighted by molar-refractivity contribution is 0.156. The highest BCUT2D eigenvalue weighted by Gasteiger charge is 2.42. The number of halogens is 2. The highest BCUT2D eigenvalue weighted by atomic mass is 127. The van der Waals surface area contributed by atoms with Gasteiger partial charge in [-0.1, -0.05) is 29.0 Å². The first-order valence-corrected chi connectivity index (χ1v) is 6.36. The summed E-state index contributed by atoms with van der Waals surface area (Å²) in [5.41, 5.74) is 0. The third-order valence-corrected chi connectivity index (χ3v) is 5.54. The van der Waals surface area contributed by atoms with Crippen molar-refractivity contribution in [3.63, 3.8) is 0 Å². The summed E-state index contributed by atoms with van der Waals surface area (Å²) in [5.74, 6) is 0.771. The molecule has 0 bridgehead atoms. The number of alkyl halides is 2. The predicted octanol–water partition coefficient (Wildman–Crippen LogP) is 2.51. The van der Waals surface area contributed by atoms with Gasteiger partial charge >= 0.3 is 0 Å². The fraction of sp³-hybridized carbons (Fsp3) is 1.00.